The second-order valence-electron chi connectivity index (χ2n) is 4.63. The van der Waals surface area contributed by atoms with Crippen LogP contribution in [0.3, 0.4) is 0 Å². The van der Waals surface area contributed by atoms with Crippen LogP contribution in [-0.2, 0) is 16.6 Å². The van der Waals surface area contributed by atoms with Crippen LogP contribution in [0.5, 0.6) is 0 Å². The van der Waals surface area contributed by atoms with Gasteiger partial charge in [0, 0.05) is 26.2 Å². The first-order valence-corrected chi connectivity index (χ1v) is 7.58. The van der Waals surface area contributed by atoms with Crippen LogP contribution in [0.15, 0.2) is 24.3 Å². The Kier molecular flexibility index (Phi) is 5.71. The van der Waals surface area contributed by atoms with Crippen LogP contribution in [0.1, 0.15) is 5.56 Å². The fraction of sp³-hybridized carbons (Fsp3) is 0.500. The summed E-state index contributed by atoms with van der Waals surface area (Å²) >= 11 is 0. The van der Waals surface area contributed by atoms with Crippen molar-refractivity contribution in [2.45, 2.75) is 18.8 Å². The largest absolute Gasteiger partial charge is 0.404 e. The minimum absolute atomic E-state index is 0.0361. The normalized spacial score (nSPS) is 14.4. The molecule has 0 bridgehead atoms. The van der Waals surface area contributed by atoms with E-state index in [2.05, 4.69) is 5.32 Å². The first kappa shape index (κ1) is 17.9. The summed E-state index contributed by atoms with van der Waals surface area (Å²) in [4.78, 5) is 0. The average molecular weight is 328 g/mol. The van der Waals surface area contributed by atoms with E-state index in [0.717, 1.165) is 24.5 Å². The molecule has 21 heavy (non-hydrogen) atoms. The quantitative estimate of drug-likeness (QED) is 0.809. The van der Waals surface area contributed by atoms with Gasteiger partial charge in [0.05, 0.1) is 5.75 Å². The first-order valence-electron chi connectivity index (χ1n) is 5.97. The SMILES string of the molecule is CN(C)S(=O)(=O)CC(NCc1ccccc1F)C(F)(F)F. The van der Waals surface area contributed by atoms with Crippen molar-refractivity contribution in [3.63, 3.8) is 0 Å². The van der Waals surface area contributed by atoms with Gasteiger partial charge in [0.2, 0.25) is 10.0 Å². The molecule has 0 radical (unpaired) electrons. The first-order chi connectivity index (χ1) is 9.54. The number of nitrogens with one attached hydrogen (secondary N) is 1. The topological polar surface area (TPSA) is 49.4 Å². The molecule has 120 valence electrons. The third kappa shape index (κ3) is 5.25. The lowest BCUT2D eigenvalue weighted by molar-refractivity contribution is -0.151. The molecular formula is C12H16F4N2O2S. The molecule has 1 aromatic rings. The molecule has 0 heterocycles. The van der Waals surface area contributed by atoms with Crippen molar-refractivity contribution in [1.82, 2.24) is 9.62 Å². The zero-order valence-electron chi connectivity index (χ0n) is 11.5. The lowest BCUT2D eigenvalue weighted by atomic mass is 10.2. The van der Waals surface area contributed by atoms with Crippen molar-refractivity contribution in [2.75, 3.05) is 19.8 Å². The van der Waals surface area contributed by atoms with Gasteiger partial charge < -0.3 is 5.32 Å². The molecule has 0 aliphatic heterocycles. The Balaban J connectivity index is 2.84. The Morgan fingerprint density at radius 3 is 2.29 bits per heavy atom. The van der Waals surface area contributed by atoms with Crippen LogP contribution in [-0.4, -0.2) is 44.8 Å². The number of hydrogen-bond acceptors (Lipinski definition) is 3. The molecule has 0 spiro atoms. The van der Waals surface area contributed by atoms with E-state index in [1.807, 2.05) is 0 Å². The van der Waals surface area contributed by atoms with Crippen LogP contribution < -0.4 is 5.32 Å². The summed E-state index contributed by atoms with van der Waals surface area (Å²) in [5, 5.41) is 2.06. The number of alkyl halides is 3. The Bertz CT molecular complexity index is 573. The van der Waals surface area contributed by atoms with Gasteiger partial charge in [-0.25, -0.2) is 17.1 Å². The highest BCUT2D eigenvalue weighted by atomic mass is 32.2. The van der Waals surface area contributed by atoms with E-state index in [9.17, 15) is 26.0 Å². The fourth-order valence-corrected chi connectivity index (χ4v) is 2.53. The molecule has 1 rings (SSSR count). The minimum atomic E-state index is -4.76. The van der Waals surface area contributed by atoms with Gasteiger partial charge in [-0.3, -0.25) is 0 Å². The second kappa shape index (κ2) is 6.71. The van der Waals surface area contributed by atoms with E-state index in [-0.39, 0.29) is 5.56 Å². The zero-order valence-corrected chi connectivity index (χ0v) is 12.3. The average Bonchev–Trinajstić information content (AvgIpc) is 2.34. The molecule has 0 aliphatic rings. The number of halogens is 4. The third-order valence-electron chi connectivity index (χ3n) is 2.83. The molecule has 0 amide bonds. The summed E-state index contributed by atoms with van der Waals surface area (Å²) in [6, 6.07) is 3.08. The smallest absolute Gasteiger partial charge is 0.301 e. The van der Waals surface area contributed by atoms with Crippen molar-refractivity contribution < 1.29 is 26.0 Å². The Morgan fingerprint density at radius 2 is 1.81 bits per heavy atom. The molecule has 4 nitrogen and oxygen atoms in total. The predicted molar refractivity (Wildman–Crippen MR) is 70.6 cm³/mol. The maximum absolute atomic E-state index is 13.4. The van der Waals surface area contributed by atoms with Crippen LogP contribution in [0.2, 0.25) is 0 Å². The molecule has 0 aliphatic carbocycles. The molecule has 1 N–H and O–H groups in total. The Labute approximate surface area is 120 Å². The van der Waals surface area contributed by atoms with Crippen LogP contribution >= 0.6 is 0 Å². The maximum Gasteiger partial charge on any atom is 0.404 e. The second-order valence-corrected chi connectivity index (χ2v) is 6.85. The van der Waals surface area contributed by atoms with E-state index in [1.165, 1.54) is 18.2 Å². The van der Waals surface area contributed by atoms with Gasteiger partial charge in [0.15, 0.2) is 0 Å². The standard InChI is InChI=1S/C12H16F4N2O2S/c1-18(2)21(19,20)8-11(12(14,15)16)17-7-9-5-3-4-6-10(9)13/h3-6,11,17H,7-8H2,1-2H3. The van der Waals surface area contributed by atoms with E-state index in [4.69, 9.17) is 0 Å². The van der Waals surface area contributed by atoms with Gasteiger partial charge in [-0.1, -0.05) is 18.2 Å². The monoisotopic (exact) mass is 328 g/mol. The molecule has 0 aromatic heterocycles. The van der Waals surface area contributed by atoms with Crippen LogP contribution in [0.4, 0.5) is 17.6 Å². The lowest BCUT2D eigenvalue weighted by Crippen LogP contribution is -2.48. The van der Waals surface area contributed by atoms with Gasteiger partial charge >= 0.3 is 6.18 Å². The van der Waals surface area contributed by atoms with Gasteiger partial charge in [-0.15, -0.1) is 0 Å². The predicted octanol–water partition coefficient (Wildman–Crippen LogP) is 1.74. The highest BCUT2D eigenvalue weighted by Crippen LogP contribution is 2.22. The number of hydrogen-bond donors (Lipinski definition) is 1. The van der Waals surface area contributed by atoms with Gasteiger partial charge in [0.25, 0.3) is 0 Å². The number of rotatable bonds is 6. The summed E-state index contributed by atoms with van der Waals surface area (Å²) in [7, 11) is -1.73. The van der Waals surface area contributed by atoms with Crippen molar-refractivity contribution >= 4 is 10.0 Å². The number of nitrogens with zero attached hydrogens (tertiary/aromatic N) is 1. The summed E-state index contributed by atoms with van der Waals surface area (Å²) < 4.78 is 75.9. The van der Waals surface area contributed by atoms with Crippen molar-refractivity contribution in [2.24, 2.45) is 0 Å². The van der Waals surface area contributed by atoms with Crippen molar-refractivity contribution in [3.05, 3.63) is 35.6 Å². The van der Waals surface area contributed by atoms with E-state index in [0.29, 0.717) is 0 Å². The fourth-order valence-electron chi connectivity index (χ4n) is 1.50. The molecule has 9 heteroatoms. The summed E-state index contributed by atoms with van der Waals surface area (Å²) in [6.45, 7) is -0.417. The molecule has 1 aromatic carbocycles. The maximum atomic E-state index is 13.4. The summed E-state index contributed by atoms with van der Waals surface area (Å²) in [6.07, 6.45) is -4.76. The van der Waals surface area contributed by atoms with E-state index in [1.54, 1.807) is 0 Å². The van der Waals surface area contributed by atoms with E-state index < -0.39 is 40.4 Å². The summed E-state index contributed by atoms with van der Waals surface area (Å²) in [5.74, 6) is -1.79. The van der Waals surface area contributed by atoms with Crippen LogP contribution in [0.25, 0.3) is 0 Å². The number of sulfonamides is 1. The van der Waals surface area contributed by atoms with Crippen molar-refractivity contribution in [3.8, 4) is 0 Å². The van der Waals surface area contributed by atoms with E-state index >= 15 is 0 Å². The Morgan fingerprint density at radius 1 is 1.24 bits per heavy atom. The molecule has 0 fully saturated rings. The minimum Gasteiger partial charge on any atom is -0.301 e. The molecule has 0 saturated heterocycles. The summed E-state index contributed by atoms with van der Waals surface area (Å²) in [5.41, 5.74) is 0.0361. The molecule has 0 saturated carbocycles. The Hall–Kier alpha value is -1.19. The van der Waals surface area contributed by atoms with Crippen LogP contribution in [0, 0.1) is 5.82 Å². The highest BCUT2D eigenvalue weighted by molar-refractivity contribution is 7.89. The lowest BCUT2D eigenvalue weighted by Gasteiger charge is -2.23. The third-order valence-corrected chi connectivity index (χ3v) is 4.69. The van der Waals surface area contributed by atoms with Gasteiger partial charge in [-0.2, -0.15) is 13.2 Å². The van der Waals surface area contributed by atoms with Crippen molar-refractivity contribution in [1.29, 1.82) is 0 Å². The highest BCUT2D eigenvalue weighted by Gasteiger charge is 2.42. The molecule has 1 atom stereocenters. The zero-order chi connectivity index (χ0) is 16.3. The molecular weight excluding hydrogens is 312 g/mol. The molecule has 1 unspecified atom stereocenters. The number of benzene rings is 1. The van der Waals surface area contributed by atoms with Gasteiger partial charge in [-0.05, 0) is 6.07 Å². The van der Waals surface area contributed by atoms with Gasteiger partial charge in [0.1, 0.15) is 11.9 Å².